The number of hydrogen-bond acceptors (Lipinski definition) is 15. The zero-order chi connectivity index (χ0) is 41.6. The predicted octanol–water partition coefficient (Wildman–Crippen LogP) is 4.72. The van der Waals surface area contributed by atoms with Crippen molar-refractivity contribution >= 4 is 24.9 Å². The number of carbonyl (C=O) groups is 3. The fraction of sp³-hybridized carbons (Fsp3) is 0.833. The molecule has 0 radical (unpaired) electrons. The Morgan fingerprint density at radius 3 is 1.67 bits per heavy atom. The van der Waals surface area contributed by atoms with Crippen LogP contribution in [0.2, 0.25) is 0 Å². The minimum Gasteiger partial charge on any atom is -0.504 e. The van der Waals surface area contributed by atoms with Crippen molar-refractivity contribution in [1.29, 1.82) is 0 Å². The van der Waals surface area contributed by atoms with E-state index in [4.69, 9.17) is 51.8 Å². The molecule has 0 aromatic rings. The lowest BCUT2D eigenvalue weighted by Crippen LogP contribution is -2.61. The van der Waals surface area contributed by atoms with Crippen molar-refractivity contribution in [3.05, 3.63) is 24.3 Å². The van der Waals surface area contributed by atoms with Crippen LogP contribution in [0.1, 0.15) is 114 Å². The highest BCUT2D eigenvalue weighted by atomic mass is 17.0. The van der Waals surface area contributed by atoms with Crippen LogP contribution in [0.25, 0.3) is 0 Å². The smallest absolute Gasteiger partial charge is 0.504 e. The van der Waals surface area contributed by atoms with E-state index >= 15 is 0 Å². The van der Waals surface area contributed by atoms with E-state index in [2.05, 4.69) is 0 Å². The van der Waals surface area contributed by atoms with Crippen LogP contribution >= 0.6 is 0 Å². The van der Waals surface area contributed by atoms with Gasteiger partial charge in [0.25, 0.3) is 0 Å². The van der Waals surface area contributed by atoms with Crippen molar-refractivity contribution in [3.63, 3.8) is 0 Å². The topological polar surface area (TPSA) is 173 Å². The van der Waals surface area contributed by atoms with E-state index in [-0.39, 0.29) is 12.2 Å². The maximum absolute atomic E-state index is 14.7. The first-order valence-electron chi connectivity index (χ1n) is 21.4. The third kappa shape index (κ3) is 7.19. The van der Waals surface area contributed by atoms with E-state index in [1.54, 1.807) is 0 Å². The van der Waals surface area contributed by atoms with Gasteiger partial charge in [0.2, 0.25) is 0 Å². The molecule has 0 aromatic heterocycles. The molecule has 0 amide bonds. The number of esters is 3. The summed E-state index contributed by atoms with van der Waals surface area (Å²) in [6, 6.07) is 0. The van der Waals surface area contributed by atoms with Crippen LogP contribution in [-0.2, 0) is 66.2 Å². The van der Waals surface area contributed by atoms with Gasteiger partial charge in [-0.1, -0.05) is 65.8 Å². The molecule has 0 aromatic carbocycles. The van der Waals surface area contributed by atoms with E-state index in [1.165, 1.54) is 6.92 Å². The molecule has 8 aliphatic rings. The highest BCUT2D eigenvalue weighted by molar-refractivity contribution is 6.56. The largest absolute Gasteiger partial charge is 0.536 e. The maximum Gasteiger partial charge on any atom is 0.536 e. The van der Waals surface area contributed by atoms with E-state index in [1.807, 2.05) is 79.7 Å². The molecule has 0 aliphatic carbocycles. The molecule has 16 heteroatoms. The summed E-state index contributed by atoms with van der Waals surface area (Å²) in [5, 5.41) is 11.7. The molecule has 17 unspecified atom stereocenters. The minimum atomic E-state index is -3.46. The molecule has 1 N–H and O–H groups in total. The zero-order valence-corrected chi connectivity index (χ0v) is 35.3. The van der Waals surface area contributed by atoms with Gasteiger partial charge in [0.15, 0.2) is 23.8 Å². The van der Waals surface area contributed by atoms with E-state index in [9.17, 15) is 19.5 Å². The first kappa shape index (κ1) is 42.3. The van der Waals surface area contributed by atoms with E-state index in [0.717, 1.165) is 0 Å². The minimum absolute atomic E-state index is 0.307. The van der Waals surface area contributed by atoms with Crippen LogP contribution in [0.3, 0.4) is 0 Å². The van der Waals surface area contributed by atoms with Gasteiger partial charge in [-0.25, -0.2) is 9.59 Å². The standard InChI is InChI=1S/C42H62BO15/c1-22-16-18-33-39(6,7)31(45)14-10-12-27-20-29(24(3)48-27)51-38(47)36-42-23(2)17-19-34(54-42)40(8,9)32(50-26(5)44)15-11-13-28-21-30(25(4)49-28)52-37(46)35-41(22,53-33)57-43(55-35,56-36)58-42/h10-13,22-25,27-36,45H,14-21H2,1-9H3/q-1/b12-10+,13-11+. The molecule has 8 heterocycles. The van der Waals surface area contributed by atoms with Gasteiger partial charge in [-0.05, 0) is 46.0 Å². The SMILES string of the molecule is CC(=O)OC1C/C=C/C2CC(OC(=O)C3O[B-]45OC(C(=O)OC6CC(/C=C/CC(O)C(C)(C)C7CCC(C)C3(O7)O4)OC6C)C3(OC(CCC3C)C1(C)C)O5)C(C)O2. The van der Waals surface area contributed by atoms with E-state index in [0.29, 0.717) is 51.4 Å². The van der Waals surface area contributed by atoms with Crippen LogP contribution in [-0.4, -0.2) is 115 Å². The highest BCUT2D eigenvalue weighted by Gasteiger charge is 2.73. The summed E-state index contributed by atoms with van der Waals surface area (Å²) in [5.41, 5.74) is -1.66. The Hall–Kier alpha value is -2.41. The molecule has 15 nitrogen and oxygen atoms in total. The molecule has 11 bridgehead atoms. The average molecular weight is 818 g/mol. The second kappa shape index (κ2) is 15.2. The van der Waals surface area contributed by atoms with Gasteiger partial charge in [-0.2, -0.15) is 0 Å². The number of rotatable bonds is 1. The van der Waals surface area contributed by atoms with E-state index < -0.39 is 120 Å². The van der Waals surface area contributed by atoms with Crippen LogP contribution in [0.15, 0.2) is 24.3 Å². The van der Waals surface area contributed by atoms with Crippen molar-refractivity contribution in [2.75, 3.05) is 0 Å². The van der Waals surface area contributed by atoms with Crippen LogP contribution in [0, 0.1) is 22.7 Å². The quantitative estimate of drug-likeness (QED) is 0.167. The predicted molar refractivity (Wildman–Crippen MR) is 204 cm³/mol. The number of hydrogen-bond donors (Lipinski definition) is 1. The Morgan fingerprint density at radius 2 is 1.19 bits per heavy atom. The lowest BCUT2D eigenvalue weighted by atomic mass is 9.73. The molecular formula is C42H62BO15-. The molecule has 3 spiro atoms. The van der Waals surface area contributed by atoms with Crippen LogP contribution in [0.4, 0.5) is 0 Å². The molecule has 324 valence electrons. The lowest BCUT2D eigenvalue weighted by Gasteiger charge is -2.52. The van der Waals surface area contributed by atoms with Gasteiger partial charge in [-0.15, -0.1) is 0 Å². The number of fused-ring (bicyclic) bond motifs is 8. The van der Waals surface area contributed by atoms with Crippen molar-refractivity contribution in [3.8, 4) is 0 Å². The molecular weight excluding hydrogens is 755 g/mol. The van der Waals surface area contributed by atoms with Crippen LogP contribution < -0.4 is 0 Å². The fourth-order valence-corrected chi connectivity index (χ4v) is 10.5. The summed E-state index contributed by atoms with van der Waals surface area (Å²) in [6.45, 7) is 13.2. The number of ether oxygens (including phenoxy) is 7. The Kier molecular flexibility index (Phi) is 11.1. The highest BCUT2D eigenvalue weighted by Crippen LogP contribution is 2.57. The third-order valence-corrected chi connectivity index (χ3v) is 14.5. The monoisotopic (exact) mass is 817 g/mol. The van der Waals surface area contributed by atoms with Crippen molar-refractivity contribution in [2.45, 2.75) is 199 Å². The zero-order valence-electron chi connectivity index (χ0n) is 35.3. The number of carbonyl (C=O) groups excluding carboxylic acids is 3. The summed E-state index contributed by atoms with van der Waals surface area (Å²) in [4.78, 5) is 42.0. The summed E-state index contributed by atoms with van der Waals surface area (Å²) in [6.07, 6.45) is 2.33. The maximum atomic E-state index is 14.7. The van der Waals surface area contributed by atoms with Crippen molar-refractivity contribution in [2.24, 2.45) is 22.7 Å². The van der Waals surface area contributed by atoms with Gasteiger partial charge >= 0.3 is 24.9 Å². The van der Waals surface area contributed by atoms with Crippen LogP contribution in [0.5, 0.6) is 0 Å². The summed E-state index contributed by atoms with van der Waals surface area (Å²) in [5.74, 6) is -6.61. The summed E-state index contributed by atoms with van der Waals surface area (Å²) in [7, 11) is 0. The Morgan fingerprint density at radius 1 is 0.724 bits per heavy atom. The Balaban J connectivity index is 1.28. The molecule has 8 aliphatic heterocycles. The normalized spacial score (nSPS) is 51.0. The van der Waals surface area contributed by atoms with Gasteiger partial charge in [0, 0.05) is 48.9 Å². The second-order valence-corrected chi connectivity index (χ2v) is 19.2. The third-order valence-electron chi connectivity index (χ3n) is 14.5. The Labute approximate surface area is 341 Å². The van der Waals surface area contributed by atoms with Gasteiger partial charge < -0.3 is 56.9 Å². The number of aliphatic hydroxyl groups excluding tert-OH is 1. The summed E-state index contributed by atoms with van der Waals surface area (Å²) >= 11 is 0. The molecule has 17 atom stereocenters. The molecule has 58 heavy (non-hydrogen) atoms. The molecule has 8 rings (SSSR count). The molecule has 6 saturated heterocycles. The Bertz CT molecular complexity index is 1670. The lowest BCUT2D eigenvalue weighted by molar-refractivity contribution is -0.311. The van der Waals surface area contributed by atoms with Gasteiger partial charge in [0.05, 0.1) is 42.7 Å². The second-order valence-electron chi connectivity index (χ2n) is 19.2. The average Bonchev–Trinajstić information content (AvgIpc) is 3.87. The first-order valence-corrected chi connectivity index (χ1v) is 21.4. The van der Waals surface area contributed by atoms with Crippen molar-refractivity contribution in [1.82, 2.24) is 0 Å². The fourth-order valence-electron chi connectivity index (χ4n) is 10.5. The molecule has 6 fully saturated rings. The first-order chi connectivity index (χ1) is 27.3. The summed E-state index contributed by atoms with van der Waals surface area (Å²) < 4.78 is 72.2. The number of aliphatic hydroxyl groups is 1. The molecule has 0 saturated carbocycles. The van der Waals surface area contributed by atoms with Crippen molar-refractivity contribution < 1.29 is 71.3 Å². The van der Waals surface area contributed by atoms with Gasteiger partial charge in [0.1, 0.15) is 18.3 Å². The van der Waals surface area contributed by atoms with Gasteiger partial charge in [-0.3, -0.25) is 4.79 Å².